The van der Waals surface area contributed by atoms with E-state index >= 15 is 0 Å². The molecule has 3 aromatic carbocycles. The predicted molar refractivity (Wildman–Crippen MR) is 198 cm³/mol. The topological polar surface area (TPSA) is 150 Å². The molecule has 6 rings (SSSR count). The minimum absolute atomic E-state index is 0.0323. The number of benzene rings is 3. The molecule has 2 aliphatic rings. The van der Waals surface area contributed by atoms with Gasteiger partial charge in [0.15, 0.2) is 0 Å². The molecule has 0 fully saturated rings. The van der Waals surface area contributed by atoms with Gasteiger partial charge in [0.05, 0.1) is 13.2 Å². The van der Waals surface area contributed by atoms with Crippen LogP contribution in [-0.2, 0) is 25.5 Å². The number of H-pyrrole nitrogens is 1. The number of aromatic amines is 1. The number of carbonyl (C=O) groups is 4. The number of amides is 3. The molecule has 274 valence electrons. The number of rotatable bonds is 11. The third-order valence-corrected chi connectivity index (χ3v) is 9.89. The third-order valence-electron chi connectivity index (χ3n) is 9.89. The second-order valence-corrected chi connectivity index (χ2v) is 15.2. The van der Waals surface area contributed by atoms with Gasteiger partial charge in [-0.05, 0) is 79.5 Å². The zero-order chi connectivity index (χ0) is 37.3. The van der Waals surface area contributed by atoms with Crippen molar-refractivity contribution in [2.45, 2.75) is 89.9 Å². The van der Waals surface area contributed by atoms with Crippen LogP contribution in [0.5, 0.6) is 5.75 Å². The van der Waals surface area contributed by atoms with Gasteiger partial charge in [0, 0.05) is 47.0 Å². The maximum atomic E-state index is 14.8. The van der Waals surface area contributed by atoms with Crippen molar-refractivity contribution in [1.82, 2.24) is 20.5 Å². The molecule has 0 radical (unpaired) electrons. The number of nitrogens with one attached hydrogen (secondary N) is 3. The Balaban J connectivity index is 1.30. The summed E-state index contributed by atoms with van der Waals surface area (Å²) in [5.74, 6) is -1.49. The molecule has 11 nitrogen and oxygen atoms in total. The van der Waals surface area contributed by atoms with Crippen LogP contribution in [0.3, 0.4) is 0 Å². The fourth-order valence-electron chi connectivity index (χ4n) is 7.70. The number of hydrogen-bond acceptors (Lipinski definition) is 6. The first-order valence-corrected chi connectivity index (χ1v) is 17.9. The van der Waals surface area contributed by atoms with Gasteiger partial charge < -0.3 is 35.1 Å². The van der Waals surface area contributed by atoms with E-state index in [1.165, 1.54) is 4.90 Å². The van der Waals surface area contributed by atoms with Crippen LogP contribution >= 0.6 is 0 Å². The minimum atomic E-state index is -1.23. The van der Waals surface area contributed by atoms with Gasteiger partial charge >= 0.3 is 12.1 Å². The lowest BCUT2D eigenvalue weighted by molar-refractivity contribution is -0.155. The molecule has 0 saturated carbocycles. The van der Waals surface area contributed by atoms with E-state index in [9.17, 15) is 24.3 Å². The smallest absolute Gasteiger partial charge is 0.407 e. The SMILES string of the molecule is COc1ccc2c3c([nH]c2c1)[C@H](CC(C)C)N(C(=O)C(CCC(=O)NC(C)(C)C)NC(=O)OCC1c2ccccc2-c2ccccc21)C(C(=O)O)C3. The number of alkyl carbamates (subject to hydrolysis) is 1. The number of carbonyl (C=O) groups excluding carboxylic acids is 3. The van der Waals surface area contributed by atoms with Crippen molar-refractivity contribution in [3.63, 3.8) is 0 Å². The Morgan fingerprint density at radius 3 is 2.23 bits per heavy atom. The van der Waals surface area contributed by atoms with E-state index in [1.54, 1.807) is 7.11 Å². The molecule has 52 heavy (non-hydrogen) atoms. The molecule has 1 aromatic heterocycles. The Labute approximate surface area is 304 Å². The van der Waals surface area contributed by atoms with E-state index in [0.717, 1.165) is 44.4 Å². The van der Waals surface area contributed by atoms with Crippen LogP contribution in [0.25, 0.3) is 22.0 Å². The molecule has 1 aliphatic heterocycles. The number of nitrogens with zero attached hydrogens (tertiary/aromatic N) is 1. The highest BCUT2D eigenvalue weighted by Gasteiger charge is 2.45. The number of hydrogen-bond donors (Lipinski definition) is 4. The highest BCUT2D eigenvalue weighted by atomic mass is 16.5. The lowest BCUT2D eigenvalue weighted by atomic mass is 9.86. The van der Waals surface area contributed by atoms with Gasteiger partial charge in [-0.3, -0.25) is 9.59 Å². The molecule has 0 bridgehead atoms. The molecule has 2 unspecified atom stereocenters. The highest BCUT2D eigenvalue weighted by molar-refractivity contribution is 5.93. The van der Waals surface area contributed by atoms with Crippen molar-refractivity contribution in [3.05, 3.63) is 89.1 Å². The second kappa shape index (κ2) is 14.7. The number of ether oxygens (including phenoxy) is 2. The van der Waals surface area contributed by atoms with Crippen LogP contribution in [0.2, 0.25) is 0 Å². The van der Waals surface area contributed by atoms with Gasteiger partial charge in [-0.1, -0.05) is 62.4 Å². The van der Waals surface area contributed by atoms with Crippen molar-refractivity contribution >= 4 is 34.8 Å². The summed E-state index contributed by atoms with van der Waals surface area (Å²) >= 11 is 0. The van der Waals surface area contributed by atoms with Crippen molar-refractivity contribution in [2.75, 3.05) is 13.7 Å². The number of aromatic nitrogens is 1. The average molecular weight is 709 g/mol. The van der Waals surface area contributed by atoms with Gasteiger partial charge in [-0.15, -0.1) is 0 Å². The Kier molecular flexibility index (Phi) is 10.3. The van der Waals surface area contributed by atoms with Gasteiger partial charge in [-0.25, -0.2) is 9.59 Å². The second-order valence-electron chi connectivity index (χ2n) is 15.2. The first kappa shape index (κ1) is 36.5. The fourth-order valence-corrected chi connectivity index (χ4v) is 7.70. The van der Waals surface area contributed by atoms with E-state index in [2.05, 4.69) is 15.6 Å². The van der Waals surface area contributed by atoms with Crippen LogP contribution in [0.4, 0.5) is 4.79 Å². The maximum absolute atomic E-state index is 14.8. The van der Waals surface area contributed by atoms with Crippen LogP contribution in [0.1, 0.15) is 88.2 Å². The summed E-state index contributed by atoms with van der Waals surface area (Å²) in [6, 6.07) is 18.5. The Morgan fingerprint density at radius 2 is 1.63 bits per heavy atom. The number of aliphatic carboxylic acids is 1. The van der Waals surface area contributed by atoms with Crippen LogP contribution in [0, 0.1) is 5.92 Å². The van der Waals surface area contributed by atoms with Crippen LogP contribution in [0.15, 0.2) is 66.7 Å². The summed E-state index contributed by atoms with van der Waals surface area (Å²) < 4.78 is 11.3. The van der Waals surface area contributed by atoms with Crippen molar-refractivity contribution < 1.29 is 33.8 Å². The summed E-state index contributed by atoms with van der Waals surface area (Å²) in [5, 5.41) is 17.1. The summed E-state index contributed by atoms with van der Waals surface area (Å²) in [7, 11) is 1.58. The van der Waals surface area contributed by atoms with Gasteiger partial charge in [0.25, 0.3) is 0 Å². The monoisotopic (exact) mass is 708 g/mol. The van der Waals surface area contributed by atoms with Crippen LogP contribution in [-0.4, -0.2) is 70.2 Å². The molecule has 3 amide bonds. The van der Waals surface area contributed by atoms with E-state index in [4.69, 9.17) is 9.47 Å². The minimum Gasteiger partial charge on any atom is -0.497 e. The molecule has 4 aromatic rings. The Morgan fingerprint density at radius 1 is 0.981 bits per heavy atom. The molecular weight excluding hydrogens is 660 g/mol. The van der Waals surface area contributed by atoms with E-state index < -0.39 is 41.6 Å². The van der Waals surface area contributed by atoms with Gasteiger partial charge in [0.1, 0.15) is 24.4 Å². The van der Waals surface area contributed by atoms with E-state index in [-0.39, 0.29) is 43.6 Å². The van der Waals surface area contributed by atoms with E-state index in [1.807, 2.05) is 101 Å². The molecule has 4 N–H and O–H groups in total. The molecular formula is C41H48N4O7. The molecule has 2 heterocycles. The number of methoxy groups -OCH3 is 1. The van der Waals surface area contributed by atoms with Gasteiger partial charge in [0.2, 0.25) is 11.8 Å². The van der Waals surface area contributed by atoms with Crippen LogP contribution < -0.4 is 15.4 Å². The predicted octanol–water partition coefficient (Wildman–Crippen LogP) is 6.70. The molecule has 1 aliphatic carbocycles. The fraction of sp³-hybridized carbons (Fsp3) is 0.415. The third kappa shape index (κ3) is 7.49. The average Bonchev–Trinajstić information content (AvgIpc) is 3.62. The standard InChI is InChI=1S/C41H48N4O7/c1-23(2)19-34-37-30(29-16-15-24(51-6)20-33(29)42-37)21-35(39(48)49)45(34)38(47)32(17-18-36(46)44-41(3,4)5)43-40(50)52-22-31-27-13-9-7-11-25(27)26-12-8-10-14-28(26)31/h7-16,20,23,31-32,34-35,42H,17-19,21-22H2,1-6H3,(H,43,50)(H,44,46)(H,48,49)/t32?,34-,35?/m0/s1. The number of fused-ring (bicyclic) bond motifs is 6. The Bertz CT molecular complexity index is 1950. The molecule has 0 spiro atoms. The number of carboxylic acids is 1. The largest absolute Gasteiger partial charge is 0.497 e. The number of carboxylic acid groups (broad SMARTS) is 1. The summed E-state index contributed by atoms with van der Waals surface area (Å²) in [5.41, 5.74) is 6.13. The van der Waals surface area contributed by atoms with Gasteiger partial charge in [-0.2, -0.15) is 0 Å². The first-order valence-electron chi connectivity index (χ1n) is 17.9. The normalized spacial score (nSPS) is 17.2. The lowest BCUT2D eigenvalue weighted by Gasteiger charge is -2.42. The van der Waals surface area contributed by atoms with E-state index in [0.29, 0.717) is 12.2 Å². The summed E-state index contributed by atoms with van der Waals surface area (Å²) in [6.07, 6.45) is -0.415. The quantitative estimate of drug-likeness (QED) is 0.135. The summed E-state index contributed by atoms with van der Waals surface area (Å²) in [6.45, 7) is 9.64. The molecule has 11 heteroatoms. The highest BCUT2D eigenvalue weighted by Crippen LogP contribution is 2.45. The maximum Gasteiger partial charge on any atom is 0.407 e. The van der Waals surface area contributed by atoms with Crippen molar-refractivity contribution in [2.24, 2.45) is 5.92 Å². The Hall–Kier alpha value is -5.32. The zero-order valence-electron chi connectivity index (χ0n) is 30.6. The lowest BCUT2D eigenvalue weighted by Crippen LogP contribution is -2.57. The summed E-state index contributed by atoms with van der Waals surface area (Å²) in [4.78, 5) is 59.2. The van der Waals surface area contributed by atoms with Crippen molar-refractivity contribution in [1.29, 1.82) is 0 Å². The zero-order valence-corrected chi connectivity index (χ0v) is 30.6. The first-order chi connectivity index (χ1) is 24.8. The molecule has 3 atom stereocenters. The van der Waals surface area contributed by atoms with Crippen molar-refractivity contribution in [3.8, 4) is 16.9 Å². The molecule has 0 saturated heterocycles.